The lowest BCUT2D eigenvalue weighted by atomic mass is 10.3. The Hall–Kier alpha value is -1.83. The number of hydrogen-bond acceptors (Lipinski definition) is 4. The first-order valence-electron chi connectivity index (χ1n) is 7.31. The number of carbonyl (C=O) groups is 3. The number of piperazine rings is 1. The zero-order valence-electron chi connectivity index (χ0n) is 12.1. The molecule has 0 aromatic rings. The molecule has 0 aliphatic carbocycles. The Bertz CT molecular complexity index is 407. The number of urea groups is 1. The Morgan fingerprint density at radius 3 is 2.48 bits per heavy atom. The molecular formula is C13H22N4O4. The normalized spacial score (nSPS) is 20.9. The van der Waals surface area contributed by atoms with E-state index in [0.717, 1.165) is 6.42 Å². The fourth-order valence-electron chi connectivity index (χ4n) is 2.59. The number of nitrogens with one attached hydrogen (secondary N) is 1. The third-order valence-electron chi connectivity index (χ3n) is 3.82. The van der Waals surface area contributed by atoms with Gasteiger partial charge >= 0.3 is 12.0 Å². The zero-order valence-corrected chi connectivity index (χ0v) is 12.1. The van der Waals surface area contributed by atoms with Gasteiger partial charge in [0, 0.05) is 45.8 Å². The topological polar surface area (TPSA) is 93.2 Å². The monoisotopic (exact) mass is 298 g/mol. The number of carbonyl (C=O) groups excluding carboxylic acids is 2. The van der Waals surface area contributed by atoms with E-state index in [1.807, 2.05) is 4.90 Å². The Labute approximate surface area is 123 Å². The van der Waals surface area contributed by atoms with Crippen molar-refractivity contribution in [1.29, 1.82) is 0 Å². The number of carboxylic acid groups (broad SMARTS) is 1. The summed E-state index contributed by atoms with van der Waals surface area (Å²) in [6.07, 6.45) is 0.899. The highest BCUT2D eigenvalue weighted by Crippen LogP contribution is 2.08. The molecule has 2 fully saturated rings. The number of amides is 3. The summed E-state index contributed by atoms with van der Waals surface area (Å²) in [5.74, 6) is -0.912. The second kappa shape index (κ2) is 7.26. The van der Waals surface area contributed by atoms with Crippen molar-refractivity contribution in [3.8, 4) is 0 Å². The number of nitrogens with zero attached hydrogens (tertiary/aromatic N) is 3. The highest BCUT2D eigenvalue weighted by atomic mass is 16.4. The van der Waals surface area contributed by atoms with E-state index in [2.05, 4.69) is 5.32 Å². The van der Waals surface area contributed by atoms with Crippen molar-refractivity contribution < 1.29 is 19.5 Å². The van der Waals surface area contributed by atoms with E-state index in [1.165, 1.54) is 0 Å². The quantitative estimate of drug-likeness (QED) is 0.698. The molecule has 0 atom stereocenters. The molecule has 2 rings (SSSR count). The minimum Gasteiger partial charge on any atom is -0.481 e. The van der Waals surface area contributed by atoms with Gasteiger partial charge in [-0.1, -0.05) is 0 Å². The SMILES string of the molecule is O=C(O)CCN1CCN(C(=O)N2CCCNC(=O)C2)CC1. The van der Waals surface area contributed by atoms with E-state index in [-0.39, 0.29) is 24.9 Å². The van der Waals surface area contributed by atoms with Crippen molar-refractivity contribution >= 4 is 17.9 Å². The molecule has 3 amide bonds. The molecule has 0 aromatic heterocycles. The Morgan fingerprint density at radius 2 is 1.81 bits per heavy atom. The number of aliphatic carboxylic acids is 1. The molecule has 2 heterocycles. The third-order valence-corrected chi connectivity index (χ3v) is 3.82. The number of carboxylic acids is 1. The van der Waals surface area contributed by atoms with E-state index >= 15 is 0 Å². The van der Waals surface area contributed by atoms with E-state index in [4.69, 9.17) is 5.11 Å². The summed E-state index contributed by atoms with van der Waals surface area (Å²) >= 11 is 0. The molecule has 21 heavy (non-hydrogen) atoms. The molecule has 0 aromatic carbocycles. The summed E-state index contributed by atoms with van der Waals surface area (Å²) in [5, 5.41) is 11.4. The molecule has 2 N–H and O–H groups in total. The fraction of sp³-hybridized carbons (Fsp3) is 0.769. The van der Waals surface area contributed by atoms with Gasteiger partial charge in [0.15, 0.2) is 0 Å². The van der Waals surface area contributed by atoms with Crippen LogP contribution in [0.2, 0.25) is 0 Å². The van der Waals surface area contributed by atoms with Crippen LogP contribution < -0.4 is 5.32 Å². The average Bonchev–Trinajstić information content (AvgIpc) is 2.69. The molecule has 8 heteroatoms. The van der Waals surface area contributed by atoms with Crippen LogP contribution in [-0.4, -0.2) is 90.1 Å². The molecule has 2 aliphatic rings. The molecule has 0 radical (unpaired) electrons. The highest BCUT2D eigenvalue weighted by molar-refractivity contribution is 5.84. The van der Waals surface area contributed by atoms with Crippen molar-refractivity contribution in [2.75, 3.05) is 52.4 Å². The second-order valence-electron chi connectivity index (χ2n) is 5.38. The molecule has 118 valence electrons. The molecule has 8 nitrogen and oxygen atoms in total. The van der Waals surface area contributed by atoms with Crippen molar-refractivity contribution in [3.63, 3.8) is 0 Å². The molecule has 0 saturated carbocycles. The smallest absolute Gasteiger partial charge is 0.320 e. The van der Waals surface area contributed by atoms with Crippen LogP contribution in [0, 0.1) is 0 Å². The van der Waals surface area contributed by atoms with Gasteiger partial charge in [-0.15, -0.1) is 0 Å². The van der Waals surface area contributed by atoms with E-state index in [9.17, 15) is 14.4 Å². The second-order valence-corrected chi connectivity index (χ2v) is 5.38. The Balaban J connectivity index is 1.79. The Morgan fingerprint density at radius 1 is 1.10 bits per heavy atom. The van der Waals surface area contributed by atoms with Crippen LogP contribution in [0.5, 0.6) is 0 Å². The van der Waals surface area contributed by atoms with Gasteiger partial charge < -0.3 is 20.2 Å². The van der Waals surface area contributed by atoms with Gasteiger partial charge in [0.25, 0.3) is 0 Å². The van der Waals surface area contributed by atoms with Crippen LogP contribution in [-0.2, 0) is 9.59 Å². The first kappa shape index (κ1) is 15.6. The van der Waals surface area contributed by atoms with Crippen LogP contribution >= 0.6 is 0 Å². The summed E-state index contributed by atoms with van der Waals surface area (Å²) in [7, 11) is 0. The molecular weight excluding hydrogens is 276 g/mol. The maximum Gasteiger partial charge on any atom is 0.320 e. The predicted octanol–water partition coefficient (Wildman–Crippen LogP) is -0.979. The fourth-order valence-corrected chi connectivity index (χ4v) is 2.59. The van der Waals surface area contributed by atoms with Gasteiger partial charge in [0.2, 0.25) is 5.91 Å². The molecule has 0 unspecified atom stereocenters. The van der Waals surface area contributed by atoms with Gasteiger partial charge in [-0.3, -0.25) is 14.5 Å². The van der Waals surface area contributed by atoms with Gasteiger partial charge in [0.05, 0.1) is 6.42 Å². The first-order chi connectivity index (χ1) is 10.1. The molecule has 2 aliphatic heterocycles. The molecule has 0 bridgehead atoms. The number of rotatable bonds is 3. The molecule has 2 saturated heterocycles. The van der Waals surface area contributed by atoms with Crippen LogP contribution in [0.4, 0.5) is 4.79 Å². The van der Waals surface area contributed by atoms with Gasteiger partial charge in [0.1, 0.15) is 6.54 Å². The maximum atomic E-state index is 12.4. The third kappa shape index (κ3) is 4.59. The lowest BCUT2D eigenvalue weighted by Crippen LogP contribution is -2.53. The highest BCUT2D eigenvalue weighted by Gasteiger charge is 2.27. The first-order valence-corrected chi connectivity index (χ1v) is 7.31. The summed E-state index contributed by atoms with van der Waals surface area (Å²) in [4.78, 5) is 39.8. The van der Waals surface area contributed by atoms with Gasteiger partial charge in [-0.2, -0.15) is 0 Å². The van der Waals surface area contributed by atoms with E-state index in [0.29, 0.717) is 45.8 Å². The maximum absolute atomic E-state index is 12.4. The minimum atomic E-state index is -0.802. The van der Waals surface area contributed by atoms with Crippen LogP contribution in [0.1, 0.15) is 12.8 Å². The van der Waals surface area contributed by atoms with Crippen LogP contribution in [0.15, 0.2) is 0 Å². The average molecular weight is 298 g/mol. The lowest BCUT2D eigenvalue weighted by Gasteiger charge is -2.36. The van der Waals surface area contributed by atoms with E-state index in [1.54, 1.807) is 9.80 Å². The number of hydrogen-bond donors (Lipinski definition) is 2. The Kier molecular flexibility index (Phi) is 5.38. The van der Waals surface area contributed by atoms with Crippen molar-refractivity contribution in [1.82, 2.24) is 20.0 Å². The van der Waals surface area contributed by atoms with E-state index < -0.39 is 5.97 Å². The molecule has 0 spiro atoms. The van der Waals surface area contributed by atoms with Crippen LogP contribution in [0.25, 0.3) is 0 Å². The van der Waals surface area contributed by atoms with Gasteiger partial charge in [-0.05, 0) is 6.42 Å². The van der Waals surface area contributed by atoms with Crippen molar-refractivity contribution in [2.24, 2.45) is 0 Å². The standard InChI is InChI=1S/C13H22N4O4/c18-11-10-17(4-1-3-14-11)13(21)16-8-6-15(7-9-16)5-2-12(19)20/h1-10H2,(H,14,18)(H,19,20). The summed E-state index contributed by atoms with van der Waals surface area (Å²) in [6, 6.07) is -0.0927. The lowest BCUT2D eigenvalue weighted by molar-refractivity contribution is -0.137. The minimum absolute atomic E-state index is 0.0927. The van der Waals surface area contributed by atoms with Gasteiger partial charge in [-0.25, -0.2) is 4.79 Å². The summed E-state index contributed by atoms with van der Waals surface area (Å²) < 4.78 is 0. The summed E-state index contributed by atoms with van der Waals surface area (Å²) in [6.45, 7) is 4.37. The largest absolute Gasteiger partial charge is 0.481 e. The van der Waals surface area contributed by atoms with Crippen molar-refractivity contribution in [3.05, 3.63) is 0 Å². The van der Waals surface area contributed by atoms with Crippen molar-refractivity contribution in [2.45, 2.75) is 12.8 Å². The van der Waals surface area contributed by atoms with Crippen LogP contribution in [0.3, 0.4) is 0 Å². The predicted molar refractivity (Wildman–Crippen MR) is 74.9 cm³/mol. The summed E-state index contributed by atoms with van der Waals surface area (Å²) in [5.41, 5.74) is 0. The zero-order chi connectivity index (χ0) is 15.2.